The Morgan fingerprint density at radius 2 is 1.86 bits per heavy atom. The summed E-state index contributed by atoms with van der Waals surface area (Å²) >= 11 is 6.38. The van der Waals surface area contributed by atoms with E-state index in [2.05, 4.69) is 35.4 Å². The van der Waals surface area contributed by atoms with Crippen LogP contribution in [-0.4, -0.2) is 93.7 Å². The van der Waals surface area contributed by atoms with E-state index in [1.807, 2.05) is 30.5 Å². The molecule has 2 aliphatic rings. The first-order chi connectivity index (χ1) is 17.6. The van der Waals surface area contributed by atoms with Crippen molar-refractivity contribution in [2.24, 2.45) is 0 Å². The lowest BCUT2D eigenvalue weighted by Crippen LogP contribution is -2.51. The van der Waals surface area contributed by atoms with E-state index < -0.39 is 0 Å². The molecule has 1 saturated carbocycles. The Kier molecular flexibility index (Phi) is 8.01. The SMILES string of the molecule is O=C(CN1CCN(CCO)CC1)N[C@H]1CC[C@H](Nc2cc(-c3c[nH]c4ncccc34)cc(Cl)n2)CC1. The summed E-state index contributed by atoms with van der Waals surface area (Å²) in [6.07, 6.45) is 7.53. The van der Waals surface area contributed by atoms with Gasteiger partial charge in [-0.05, 0) is 55.5 Å². The molecule has 1 saturated heterocycles. The molecule has 2 fully saturated rings. The van der Waals surface area contributed by atoms with Crippen LogP contribution in [0.15, 0.2) is 36.7 Å². The van der Waals surface area contributed by atoms with E-state index in [-0.39, 0.29) is 18.6 Å². The lowest BCUT2D eigenvalue weighted by Gasteiger charge is -2.34. The van der Waals surface area contributed by atoms with Gasteiger partial charge in [0.1, 0.15) is 16.6 Å². The predicted octanol–water partition coefficient (Wildman–Crippen LogP) is 2.73. The maximum Gasteiger partial charge on any atom is 0.234 e. The molecule has 1 amide bonds. The van der Waals surface area contributed by atoms with Crippen molar-refractivity contribution < 1.29 is 9.90 Å². The van der Waals surface area contributed by atoms with Crippen molar-refractivity contribution in [2.45, 2.75) is 37.8 Å². The Balaban J connectivity index is 1.11. The zero-order valence-corrected chi connectivity index (χ0v) is 21.2. The third kappa shape index (κ3) is 6.15. The van der Waals surface area contributed by atoms with Crippen LogP contribution in [0.3, 0.4) is 0 Å². The zero-order valence-electron chi connectivity index (χ0n) is 20.4. The average molecular weight is 512 g/mol. The summed E-state index contributed by atoms with van der Waals surface area (Å²) in [5, 5.41) is 17.4. The second-order valence-corrected chi connectivity index (χ2v) is 10.2. The number of anilines is 1. The van der Waals surface area contributed by atoms with Gasteiger partial charge in [-0.25, -0.2) is 9.97 Å². The van der Waals surface area contributed by atoms with Gasteiger partial charge in [0.15, 0.2) is 0 Å². The van der Waals surface area contributed by atoms with Crippen molar-refractivity contribution in [3.8, 4) is 11.1 Å². The number of aliphatic hydroxyl groups excluding tert-OH is 1. The number of nitrogens with zero attached hydrogens (tertiary/aromatic N) is 4. The molecular formula is C26H34ClN7O2. The number of halogens is 1. The standard InChI is InChI=1S/C26H34ClN7O2/c27-23-14-18(22-16-29-26-21(22)2-1-7-28-26)15-24(32-23)30-19-3-5-20(6-4-19)31-25(36)17-34-10-8-33(9-11-34)12-13-35/h1-2,7,14-16,19-20,35H,3-6,8-13,17H2,(H,28,29)(H,30,32)(H,31,36)/t19-,20-. The van der Waals surface area contributed by atoms with Gasteiger partial charge in [0.25, 0.3) is 0 Å². The first kappa shape index (κ1) is 25.0. The normalized spacial score (nSPS) is 21.5. The van der Waals surface area contributed by atoms with Crippen LogP contribution < -0.4 is 10.6 Å². The summed E-state index contributed by atoms with van der Waals surface area (Å²) in [5.74, 6) is 0.875. The average Bonchev–Trinajstić information content (AvgIpc) is 3.31. The van der Waals surface area contributed by atoms with Crippen LogP contribution >= 0.6 is 11.6 Å². The van der Waals surface area contributed by atoms with Gasteiger partial charge in [-0.2, -0.15) is 0 Å². The van der Waals surface area contributed by atoms with E-state index in [9.17, 15) is 4.79 Å². The highest BCUT2D eigenvalue weighted by atomic mass is 35.5. The van der Waals surface area contributed by atoms with E-state index in [0.717, 1.165) is 79.8 Å². The smallest absolute Gasteiger partial charge is 0.234 e. The lowest BCUT2D eigenvalue weighted by molar-refractivity contribution is -0.123. The van der Waals surface area contributed by atoms with E-state index >= 15 is 0 Å². The van der Waals surface area contributed by atoms with Crippen LogP contribution in [0, 0.1) is 0 Å². The molecule has 4 N–H and O–H groups in total. The van der Waals surface area contributed by atoms with E-state index in [1.54, 1.807) is 6.20 Å². The van der Waals surface area contributed by atoms with Gasteiger partial charge in [0, 0.05) is 68.2 Å². The molecule has 5 rings (SSSR count). The number of β-amino-alcohol motifs (C(OH)–C–C–N with tert-alkyl or cyclic N) is 1. The van der Waals surface area contributed by atoms with Crippen molar-refractivity contribution >= 4 is 34.4 Å². The number of pyridine rings is 2. The number of H-pyrrole nitrogens is 1. The molecule has 1 aliphatic carbocycles. The summed E-state index contributed by atoms with van der Waals surface area (Å²) in [7, 11) is 0. The number of aromatic amines is 1. The highest BCUT2D eigenvalue weighted by Gasteiger charge is 2.24. The Morgan fingerprint density at radius 3 is 2.64 bits per heavy atom. The summed E-state index contributed by atoms with van der Waals surface area (Å²) in [4.78, 5) is 29.1. The van der Waals surface area contributed by atoms with Crippen LogP contribution in [0.25, 0.3) is 22.2 Å². The lowest BCUT2D eigenvalue weighted by atomic mass is 9.91. The third-order valence-electron chi connectivity index (χ3n) is 7.25. The van der Waals surface area contributed by atoms with Gasteiger partial charge in [0.2, 0.25) is 5.91 Å². The minimum atomic E-state index is 0.108. The maximum absolute atomic E-state index is 12.6. The number of rotatable bonds is 8. The van der Waals surface area contributed by atoms with Crippen LogP contribution in [0.1, 0.15) is 25.7 Å². The summed E-state index contributed by atoms with van der Waals surface area (Å²) in [6.45, 7) is 4.89. The molecule has 0 radical (unpaired) electrons. The number of aromatic nitrogens is 3. The molecule has 192 valence electrons. The molecule has 1 aliphatic heterocycles. The largest absolute Gasteiger partial charge is 0.395 e. The molecule has 0 unspecified atom stereocenters. The molecule has 3 aromatic rings. The van der Waals surface area contributed by atoms with Gasteiger partial charge in [0.05, 0.1) is 13.2 Å². The van der Waals surface area contributed by atoms with Crippen molar-refractivity contribution in [1.82, 2.24) is 30.1 Å². The second-order valence-electron chi connectivity index (χ2n) is 9.77. The number of hydrogen-bond acceptors (Lipinski definition) is 7. The van der Waals surface area contributed by atoms with Crippen LogP contribution in [-0.2, 0) is 4.79 Å². The highest BCUT2D eigenvalue weighted by Crippen LogP contribution is 2.31. The molecule has 0 aromatic carbocycles. The van der Waals surface area contributed by atoms with Crippen LogP contribution in [0.4, 0.5) is 5.82 Å². The molecule has 0 atom stereocenters. The number of fused-ring (bicyclic) bond motifs is 1. The van der Waals surface area contributed by atoms with Crippen molar-refractivity contribution in [3.63, 3.8) is 0 Å². The van der Waals surface area contributed by atoms with Crippen molar-refractivity contribution in [2.75, 3.05) is 51.2 Å². The Bertz CT molecular complexity index is 1170. The van der Waals surface area contributed by atoms with E-state index in [0.29, 0.717) is 24.3 Å². The van der Waals surface area contributed by atoms with E-state index in [1.165, 1.54) is 0 Å². The molecule has 3 aromatic heterocycles. The first-order valence-corrected chi connectivity index (χ1v) is 13.2. The van der Waals surface area contributed by atoms with Crippen molar-refractivity contribution in [1.29, 1.82) is 0 Å². The zero-order chi connectivity index (χ0) is 24.9. The fourth-order valence-electron chi connectivity index (χ4n) is 5.30. The monoisotopic (exact) mass is 511 g/mol. The first-order valence-electron chi connectivity index (χ1n) is 12.8. The van der Waals surface area contributed by atoms with Gasteiger partial charge >= 0.3 is 0 Å². The number of hydrogen-bond donors (Lipinski definition) is 4. The van der Waals surface area contributed by atoms with Gasteiger partial charge in [-0.1, -0.05) is 11.6 Å². The van der Waals surface area contributed by atoms with E-state index in [4.69, 9.17) is 16.7 Å². The Morgan fingerprint density at radius 1 is 1.11 bits per heavy atom. The Hall–Kier alpha value is -2.72. The molecule has 36 heavy (non-hydrogen) atoms. The van der Waals surface area contributed by atoms with Crippen LogP contribution in [0.2, 0.25) is 5.15 Å². The molecule has 4 heterocycles. The highest BCUT2D eigenvalue weighted by molar-refractivity contribution is 6.29. The molecular weight excluding hydrogens is 478 g/mol. The van der Waals surface area contributed by atoms with Gasteiger partial charge in [-0.15, -0.1) is 0 Å². The summed E-state index contributed by atoms with van der Waals surface area (Å²) in [5.41, 5.74) is 2.89. The van der Waals surface area contributed by atoms with Gasteiger partial charge < -0.3 is 20.7 Å². The van der Waals surface area contributed by atoms with Crippen LogP contribution in [0.5, 0.6) is 0 Å². The predicted molar refractivity (Wildman–Crippen MR) is 142 cm³/mol. The van der Waals surface area contributed by atoms with Gasteiger partial charge in [-0.3, -0.25) is 14.6 Å². The second kappa shape index (κ2) is 11.6. The summed E-state index contributed by atoms with van der Waals surface area (Å²) < 4.78 is 0. The number of carbonyl (C=O) groups is 1. The fourth-order valence-corrected chi connectivity index (χ4v) is 5.51. The number of carbonyl (C=O) groups excluding carboxylic acids is 1. The fraction of sp³-hybridized carbons (Fsp3) is 0.500. The minimum Gasteiger partial charge on any atom is -0.395 e. The number of nitrogens with one attached hydrogen (secondary N) is 3. The molecule has 9 nitrogen and oxygen atoms in total. The number of aliphatic hydroxyl groups is 1. The topological polar surface area (TPSA) is 109 Å². The minimum absolute atomic E-state index is 0.108. The Labute approximate surface area is 216 Å². The number of piperazine rings is 1. The molecule has 0 spiro atoms. The number of amides is 1. The third-order valence-corrected chi connectivity index (χ3v) is 7.44. The molecule has 10 heteroatoms. The maximum atomic E-state index is 12.6. The molecule has 0 bridgehead atoms. The van der Waals surface area contributed by atoms with Crippen molar-refractivity contribution in [3.05, 3.63) is 41.8 Å². The summed E-state index contributed by atoms with van der Waals surface area (Å²) in [6, 6.07) is 8.39. The quantitative estimate of drug-likeness (QED) is 0.344.